The highest BCUT2D eigenvalue weighted by Gasteiger charge is 2.29. The first-order chi connectivity index (χ1) is 8.85. The second kappa shape index (κ2) is 7.60. The molecule has 0 saturated heterocycles. The Balaban J connectivity index is 2.48. The first-order valence-electron chi connectivity index (χ1n) is 7.57. The van der Waals surface area contributed by atoms with Gasteiger partial charge in [0.05, 0.1) is 5.25 Å². The summed E-state index contributed by atoms with van der Waals surface area (Å²) in [4.78, 5) is 0. The van der Waals surface area contributed by atoms with Gasteiger partial charge in [0.2, 0.25) is 10.0 Å². The SMILES string of the molecule is CCCNCC(C)S(=O)(=O)NC1CC(C)CC(C)C1. The highest BCUT2D eigenvalue weighted by Crippen LogP contribution is 2.29. The van der Waals surface area contributed by atoms with E-state index < -0.39 is 10.0 Å². The van der Waals surface area contributed by atoms with Crippen LogP contribution in [-0.2, 0) is 10.0 Å². The van der Waals surface area contributed by atoms with Crippen molar-refractivity contribution in [2.45, 2.75) is 64.7 Å². The van der Waals surface area contributed by atoms with Crippen LogP contribution in [0.3, 0.4) is 0 Å². The van der Waals surface area contributed by atoms with Crippen LogP contribution in [0.15, 0.2) is 0 Å². The van der Waals surface area contributed by atoms with Crippen LogP contribution in [0.4, 0.5) is 0 Å². The average Bonchev–Trinajstić information content (AvgIpc) is 2.26. The van der Waals surface area contributed by atoms with Gasteiger partial charge in [-0.15, -0.1) is 0 Å². The molecule has 0 aromatic rings. The van der Waals surface area contributed by atoms with E-state index in [1.165, 1.54) is 6.42 Å². The Hall–Kier alpha value is -0.130. The third kappa shape index (κ3) is 5.79. The summed E-state index contributed by atoms with van der Waals surface area (Å²) in [6, 6.07) is 0.123. The highest BCUT2D eigenvalue weighted by molar-refractivity contribution is 7.90. The summed E-state index contributed by atoms with van der Waals surface area (Å²) in [6.45, 7) is 9.68. The summed E-state index contributed by atoms with van der Waals surface area (Å²) in [5, 5.41) is 2.81. The molecule has 0 bridgehead atoms. The molecule has 19 heavy (non-hydrogen) atoms. The van der Waals surface area contributed by atoms with Crippen molar-refractivity contribution in [1.29, 1.82) is 0 Å². The van der Waals surface area contributed by atoms with Crippen LogP contribution in [-0.4, -0.2) is 32.8 Å². The van der Waals surface area contributed by atoms with Gasteiger partial charge in [0.1, 0.15) is 0 Å². The molecule has 3 unspecified atom stereocenters. The Morgan fingerprint density at radius 1 is 1.16 bits per heavy atom. The smallest absolute Gasteiger partial charge is 0.215 e. The second-order valence-corrected chi connectivity index (χ2v) is 8.42. The monoisotopic (exact) mass is 290 g/mol. The van der Waals surface area contributed by atoms with Crippen LogP contribution in [0.5, 0.6) is 0 Å². The first kappa shape index (κ1) is 16.9. The predicted molar refractivity (Wildman–Crippen MR) is 80.6 cm³/mol. The van der Waals surface area contributed by atoms with E-state index in [2.05, 4.69) is 30.8 Å². The molecule has 0 radical (unpaired) electrons. The molecule has 0 aromatic carbocycles. The summed E-state index contributed by atoms with van der Waals surface area (Å²) >= 11 is 0. The second-order valence-electron chi connectivity index (χ2n) is 6.29. The van der Waals surface area contributed by atoms with Gasteiger partial charge in [-0.05, 0) is 51.0 Å². The standard InChI is InChI=1S/C14H30N2O2S/c1-5-6-15-10-13(4)19(17,18)16-14-8-11(2)7-12(3)9-14/h11-16H,5-10H2,1-4H3. The molecule has 0 heterocycles. The molecule has 1 aliphatic carbocycles. The minimum absolute atomic E-state index is 0.123. The minimum atomic E-state index is -3.20. The van der Waals surface area contributed by atoms with E-state index in [4.69, 9.17) is 0 Å². The average molecular weight is 290 g/mol. The van der Waals surface area contributed by atoms with Gasteiger partial charge < -0.3 is 5.32 Å². The van der Waals surface area contributed by atoms with Gasteiger partial charge in [-0.2, -0.15) is 0 Å². The van der Waals surface area contributed by atoms with Gasteiger partial charge >= 0.3 is 0 Å². The number of nitrogens with one attached hydrogen (secondary N) is 2. The topological polar surface area (TPSA) is 58.2 Å². The third-order valence-electron chi connectivity index (χ3n) is 3.90. The molecule has 0 amide bonds. The number of hydrogen-bond acceptors (Lipinski definition) is 3. The maximum Gasteiger partial charge on any atom is 0.215 e. The van der Waals surface area contributed by atoms with Crippen LogP contribution in [0.2, 0.25) is 0 Å². The van der Waals surface area contributed by atoms with E-state index in [9.17, 15) is 8.42 Å². The molecule has 1 aliphatic rings. The lowest BCUT2D eigenvalue weighted by molar-refractivity contribution is 0.257. The fourth-order valence-corrected chi connectivity index (χ4v) is 4.21. The zero-order chi connectivity index (χ0) is 14.5. The summed E-state index contributed by atoms with van der Waals surface area (Å²) in [6.07, 6.45) is 4.18. The van der Waals surface area contributed by atoms with E-state index >= 15 is 0 Å². The highest BCUT2D eigenvalue weighted by atomic mass is 32.2. The molecule has 0 aliphatic heterocycles. The van der Waals surface area contributed by atoms with E-state index in [1.54, 1.807) is 6.92 Å². The van der Waals surface area contributed by atoms with Crippen LogP contribution < -0.4 is 10.0 Å². The van der Waals surface area contributed by atoms with Gasteiger partial charge in [-0.3, -0.25) is 0 Å². The maximum absolute atomic E-state index is 12.3. The summed E-state index contributed by atoms with van der Waals surface area (Å²) in [5.74, 6) is 1.23. The Morgan fingerprint density at radius 3 is 2.26 bits per heavy atom. The first-order valence-corrected chi connectivity index (χ1v) is 9.11. The van der Waals surface area contributed by atoms with Crippen molar-refractivity contribution in [3.05, 3.63) is 0 Å². The zero-order valence-electron chi connectivity index (χ0n) is 12.8. The normalized spacial score (nSPS) is 30.2. The molecule has 5 heteroatoms. The Bertz CT molecular complexity index is 346. The summed E-state index contributed by atoms with van der Waals surface area (Å²) < 4.78 is 27.4. The Labute approximate surface area is 118 Å². The van der Waals surface area contributed by atoms with E-state index in [-0.39, 0.29) is 11.3 Å². The summed E-state index contributed by atoms with van der Waals surface area (Å²) in [7, 11) is -3.20. The quantitative estimate of drug-likeness (QED) is 0.706. The lowest BCUT2D eigenvalue weighted by atomic mass is 9.81. The lowest BCUT2D eigenvalue weighted by Crippen LogP contribution is -2.46. The molecule has 1 saturated carbocycles. The predicted octanol–water partition coefficient (Wildman–Crippen LogP) is 2.12. The molecule has 114 valence electrons. The Morgan fingerprint density at radius 2 is 1.74 bits per heavy atom. The molecular weight excluding hydrogens is 260 g/mol. The molecule has 1 rings (SSSR count). The van der Waals surface area contributed by atoms with Gasteiger partial charge in [0.25, 0.3) is 0 Å². The molecule has 4 nitrogen and oxygen atoms in total. The number of sulfonamides is 1. The maximum atomic E-state index is 12.3. The van der Waals surface area contributed by atoms with Gasteiger partial charge in [0, 0.05) is 12.6 Å². The van der Waals surface area contributed by atoms with E-state index in [1.807, 2.05) is 0 Å². The molecule has 0 aromatic heterocycles. The van der Waals surface area contributed by atoms with Crippen molar-refractivity contribution < 1.29 is 8.42 Å². The Kier molecular flexibility index (Phi) is 6.77. The third-order valence-corrected chi connectivity index (χ3v) is 5.79. The molecule has 3 atom stereocenters. The fraction of sp³-hybridized carbons (Fsp3) is 1.00. The van der Waals surface area contributed by atoms with Gasteiger partial charge in [0.15, 0.2) is 0 Å². The van der Waals surface area contributed by atoms with Crippen molar-refractivity contribution in [2.24, 2.45) is 11.8 Å². The largest absolute Gasteiger partial charge is 0.315 e. The van der Waals surface area contributed by atoms with E-state index in [0.717, 1.165) is 25.8 Å². The van der Waals surface area contributed by atoms with Crippen LogP contribution in [0.25, 0.3) is 0 Å². The number of hydrogen-bond donors (Lipinski definition) is 2. The van der Waals surface area contributed by atoms with E-state index in [0.29, 0.717) is 18.4 Å². The fourth-order valence-electron chi connectivity index (χ4n) is 2.98. The van der Waals surface area contributed by atoms with Crippen molar-refractivity contribution in [3.63, 3.8) is 0 Å². The summed E-state index contributed by atoms with van der Waals surface area (Å²) in [5.41, 5.74) is 0. The van der Waals surface area contributed by atoms with Crippen LogP contribution in [0.1, 0.15) is 53.4 Å². The van der Waals surface area contributed by atoms with Crippen molar-refractivity contribution in [2.75, 3.05) is 13.1 Å². The van der Waals surface area contributed by atoms with Gasteiger partial charge in [-0.1, -0.05) is 20.8 Å². The molecule has 1 fully saturated rings. The van der Waals surface area contributed by atoms with Crippen molar-refractivity contribution in [1.82, 2.24) is 10.0 Å². The lowest BCUT2D eigenvalue weighted by Gasteiger charge is -2.32. The van der Waals surface area contributed by atoms with Crippen LogP contribution in [0, 0.1) is 11.8 Å². The zero-order valence-corrected chi connectivity index (χ0v) is 13.6. The van der Waals surface area contributed by atoms with Crippen molar-refractivity contribution >= 4 is 10.0 Å². The molecular formula is C14H30N2O2S. The number of rotatable bonds is 7. The van der Waals surface area contributed by atoms with Gasteiger partial charge in [-0.25, -0.2) is 13.1 Å². The van der Waals surface area contributed by atoms with Crippen molar-refractivity contribution in [3.8, 4) is 0 Å². The molecule has 0 spiro atoms. The molecule has 2 N–H and O–H groups in total. The minimum Gasteiger partial charge on any atom is -0.315 e. The van der Waals surface area contributed by atoms with Crippen LogP contribution >= 0.6 is 0 Å².